The van der Waals surface area contributed by atoms with E-state index in [0.717, 1.165) is 5.92 Å². The average molecular weight is 360 g/mol. The van der Waals surface area contributed by atoms with Gasteiger partial charge in [-0.15, -0.1) is 0 Å². The Kier molecular flexibility index (Phi) is 6.16. The maximum absolute atomic E-state index is 2.54. The molecule has 3 heteroatoms. The van der Waals surface area contributed by atoms with Crippen molar-refractivity contribution in [1.29, 1.82) is 0 Å². The van der Waals surface area contributed by atoms with Gasteiger partial charge in [0.15, 0.2) is 0 Å². The molecule has 3 aliphatic carbocycles. The van der Waals surface area contributed by atoms with E-state index in [-0.39, 0.29) is 24.8 Å². The maximum Gasteiger partial charge on any atom is -1.00 e. The monoisotopic (exact) mass is 358 g/mol. The molecule has 0 spiro atoms. The minimum atomic E-state index is -0.410. The normalized spacial score (nSPS) is 31.7. The fourth-order valence-corrected chi connectivity index (χ4v) is 7.67. The molecule has 0 aromatic heterocycles. The molecule has 0 aromatic carbocycles. The Morgan fingerprint density at radius 3 is 2.67 bits per heavy atom. The predicted octanol–water partition coefficient (Wildman–Crippen LogP) is -1.60. The maximum atomic E-state index is 2.54. The van der Waals surface area contributed by atoms with Crippen molar-refractivity contribution < 1.29 is 48.0 Å². The number of allylic oxidation sites excluding steroid dienone is 8. The first-order valence-corrected chi connectivity index (χ1v) is 8.75. The van der Waals surface area contributed by atoms with Crippen molar-refractivity contribution in [2.75, 3.05) is 0 Å². The van der Waals surface area contributed by atoms with Crippen molar-refractivity contribution in [2.45, 2.75) is 35.7 Å². The summed E-state index contributed by atoms with van der Waals surface area (Å²) in [5, 5.41) is 0. The van der Waals surface area contributed by atoms with Crippen molar-refractivity contribution in [3.63, 3.8) is 0 Å². The molecule has 0 amide bonds. The third-order valence-electron chi connectivity index (χ3n) is 4.11. The first kappa shape index (κ1) is 16.5. The van der Waals surface area contributed by atoms with E-state index in [1.807, 2.05) is 0 Å². The van der Waals surface area contributed by atoms with Crippen molar-refractivity contribution in [3.05, 3.63) is 45.3 Å². The number of halogens is 2. The van der Waals surface area contributed by atoms with Gasteiger partial charge in [0.1, 0.15) is 0 Å². The molecular weight excluding hydrogens is 342 g/mol. The smallest absolute Gasteiger partial charge is 1.00 e. The minimum Gasteiger partial charge on any atom is -1.00 e. The molecule has 96 valence electrons. The number of hydrogen-bond acceptors (Lipinski definition) is 0. The molecule has 0 N–H and O–H groups in total. The van der Waals surface area contributed by atoms with E-state index in [9.17, 15) is 0 Å². The van der Waals surface area contributed by atoms with Gasteiger partial charge in [0.05, 0.1) is 0 Å². The topological polar surface area (TPSA) is 0 Å². The van der Waals surface area contributed by atoms with Crippen LogP contribution >= 0.6 is 0 Å². The number of rotatable bonds is 2. The zero-order valence-electron chi connectivity index (χ0n) is 10.6. The second-order valence-electron chi connectivity index (χ2n) is 5.30. The summed E-state index contributed by atoms with van der Waals surface area (Å²) in [5.74, 6) is 0.894. The Bertz CT molecular complexity index is 420. The fourth-order valence-electron chi connectivity index (χ4n) is 3.22. The molecule has 18 heavy (non-hydrogen) atoms. The summed E-state index contributed by atoms with van der Waals surface area (Å²) in [6, 6.07) is 0. The van der Waals surface area contributed by atoms with Gasteiger partial charge in [-0.1, -0.05) is 0 Å². The first-order chi connectivity index (χ1) is 7.78. The average Bonchev–Trinajstić information content (AvgIpc) is 2.89. The van der Waals surface area contributed by atoms with Crippen LogP contribution in [0.2, 0.25) is 3.12 Å². The molecule has 0 nitrogen and oxygen atoms in total. The molecule has 1 saturated carbocycles. The van der Waals surface area contributed by atoms with E-state index in [0.29, 0.717) is 3.12 Å². The van der Waals surface area contributed by atoms with E-state index in [1.165, 1.54) is 25.7 Å². The largest absolute Gasteiger partial charge is 1.00 e. The molecular formula is C15H18Cl2Zr. The quantitative estimate of drug-likeness (QED) is 0.556. The molecule has 0 saturated heterocycles. The predicted molar refractivity (Wildman–Crippen MR) is 64.8 cm³/mol. The standard InChI is InChI=1S/C10H13.C5H5.2ClH.Zr/c1-8-6-7-9-4-2-3-5-10(8)9;1-2-4-5-3-1;;;/h2-3,5,9H,4,6-7H2,1H3;1-3H,4H2;2*1H;/q;;;;+2/p-2. The van der Waals surface area contributed by atoms with Crippen LogP contribution in [0.1, 0.15) is 32.6 Å². The summed E-state index contributed by atoms with van der Waals surface area (Å²) in [7, 11) is 0. The second kappa shape index (κ2) is 6.73. The SMILES string of the molecule is C[C]1([Zr+2][C]2=CC=CC2)CCC2CC=CC=C21.[Cl-].[Cl-]. The van der Waals surface area contributed by atoms with Crippen molar-refractivity contribution >= 4 is 0 Å². The molecule has 0 aromatic rings. The van der Waals surface area contributed by atoms with Gasteiger partial charge in [-0.2, -0.15) is 0 Å². The summed E-state index contributed by atoms with van der Waals surface area (Å²) < 4.78 is 2.42. The van der Waals surface area contributed by atoms with E-state index < -0.39 is 23.2 Å². The first-order valence-electron chi connectivity index (χ1n) is 6.29. The van der Waals surface area contributed by atoms with E-state index in [2.05, 4.69) is 43.4 Å². The van der Waals surface area contributed by atoms with Crippen molar-refractivity contribution in [2.24, 2.45) is 5.92 Å². The molecule has 2 unspecified atom stereocenters. The minimum absolute atomic E-state index is 0. The van der Waals surface area contributed by atoms with Crippen LogP contribution in [0.15, 0.2) is 45.3 Å². The van der Waals surface area contributed by atoms with E-state index >= 15 is 0 Å². The summed E-state index contributed by atoms with van der Waals surface area (Å²) >= 11 is -0.410. The van der Waals surface area contributed by atoms with Gasteiger partial charge in [0.25, 0.3) is 0 Å². The molecule has 0 bridgehead atoms. The fraction of sp³-hybridized carbons (Fsp3) is 0.467. The molecule has 2 atom stereocenters. The second-order valence-corrected chi connectivity index (χ2v) is 10.2. The molecule has 1 fully saturated rings. The molecule has 0 aliphatic heterocycles. The van der Waals surface area contributed by atoms with E-state index in [1.54, 1.807) is 8.85 Å². The van der Waals surface area contributed by atoms with Crippen LogP contribution in [0.5, 0.6) is 0 Å². The van der Waals surface area contributed by atoms with E-state index in [4.69, 9.17) is 0 Å². The van der Waals surface area contributed by atoms with Gasteiger partial charge in [0.2, 0.25) is 0 Å². The Hall–Kier alpha value is 0.423. The summed E-state index contributed by atoms with van der Waals surface area (Å²) in [5.41, 5.74) is 1.80. The van der Waals surface area contributed by atoms with Crippen LogP contribution in [0, 0.1) is 5.92 Å². The summed E-state index contributed by atoms with van der Waals surface area (Å²) in [4.78, 5) is 0. The van der Waals surface area contributed by atoms with Crippen LogP contribution in [-0.4, -0.2) is 0 Å². The Morgan fingerprint density at radius 2 is 1.94 bits per heavy atom. The third-order valence-corrected chi connectivity index (χ3v) is 8.49. The molecule has 0 radical (unpaired) electrons. The molecule has 3 rings (SSSR count). The zero-order valence-corrected chi connectivity index (χ0v) is 14.6. The van der Waals surface area contributed by atoms with Crippen molar-refractivity contribution in [1.82, 2.24) is 0 Å². The van der Waals surface area contributed by atoms with Crippen LogP contribution in [0.25, 0.3) is 0 Å². The van der Waals surface area contributed by atoms with Gasteiger partial charge in [-0.05, 0) is 0 Å². The van der Waals surface area contributed by atoms with Crippen LogP contribution in [0.4, 0.5) is 0 Å². The van der Waals surface area contributed by atoms with Gasteiger partial charge >= 0.3 is 110 Å². The van der Waals surface area contributed by atoms with Gasteiger partial charge in [-0.25, -0.2) is 0 Å². The van der Waals surface area contributed by atoms with Crippen LogP contribution in [-0.2, 0) is 23.2 Å². The van der Waals surface area contributed by atoms with Gasteiger partial charge in [0, 0.05) is 0 Å². The Labute approximate surface area is 134 Å². The third kappa shape index (κ3) is 3.11. The summed E-state index contributed by atoms with van der Waals surface area (Å²) in [6.45, 7) is 2.54. The molecule has 3 aliphatic rings. The zero-order chi connectivity index (χ0) is 11.0. The Balaban J connectivity index is 0.000000810. The van der Waals surface area contributed by atoms with Crippen molar-refractivity contribution in [3.8, 4) is 0 Å². The summed E-state index contributed by atoms with van der Waals surface area (Å²) in [6.07, 6.45) is 19.5. The van der Waals surface area contributed by atoms with Crippen LogP contribution < -0.4 is 24.8 Å². The van der Waals surface area contributed by atoms with Gasteiger partial charge in [-0.3, -0.25) is 0 Å². The molecule has 0 heterocycles. The Morgan fingerprint density at radius 1 is 1.17 bits per heavy atom. The number of hydrogen-bond donors (Lipinski definition) is 0. The van der Waals surface area contributed by atoms with Gasteiger partial charge < -0.3 is 24.8 Å². The number of fused-ring (bicyclic) bond motifs is 1. The van der Waals surface area contributed by atoms with Crippen LogP contribution in [0.3, 0.4) is 0 Å².